The SMILES string of the molecule is C[C@@H](NC(=O)CN1Cc2c(C#N)cncc2NC1=O)c1ncc(F)cc1F. The minimum Gasteiger partial charge on any atom is -0.346 e. The fourth-order valence-electron chi connectivity index (χ4n) is 2.72. The van der Waals surface area contributed by atoms with Crippen LogP contribution in [0.25, 0.3) is 0 Å². The molecule has 0 spiro atoms. The highest BCUT2D eigenvalue weighted by Crippen LogP contribution is 2.25. The van der Waals surface area contributed by atoms with Crippen LogP contribution in [0.3, 0.4) is 0 Å². The predicted molar refractivity (Wildman–Crippen MR) is 89.1 cm³/mol. The van der Waals surface area contributed by atoms with Gasteiger partial charge in [-0.1, -0.05) is 0 Å². The summed E-state index contributed by atoms with van der Waals surface area (Å²) in [7, 11) is 0. The summed E-state index contributed by atoms with van der Waals surface area (Å²) in [5.41, 5.74) is 1.15. The fourth-order valence-corrected chi connectivity index (χ4v) is 2.72. The zero-order valence-corrected chi connectivity index (χ0v) is 14.2. The molecule has 0 saturated carbocycles. The number of nitriles is 1. The molecule has 3 rings (SSSR count). The summed E-state index contributed by atoms with van der Waals surface area (Å²) in [6, 6.07) is 1.32. The molecular formula is C17H14F2N6O2. The molecule has 3 heterocycles. The molecule has 2 aromatic heterocycles. The topological polar surface area (TPSA) is 111 Å². The standard InChI is InChI=1S/C17H14F2N6O2/c1-9(16-13(19)2-11(18)5-22-16)23-15(26)8-25-7-12-10(3-20)4-21-6-14(12)24-17(25)27/h2,4-6,9H,7-8H2,1H3,(H,23,26)(H,24,27)/t9-/m1/s1. The number of hydrogen-bond acceptors (Lipinski definition) is 5. The smallest absolute Gasteiger partial charge is 0.322 e. The number of fused-ring (bicyclic) bond motifs is 1. The Labute approximate surface area is 152 Å². The van der Waals surface area contributed by atoms with Crippen LogP contribution in [-0.2, 0) is 11.3 Å². The highest BCUT2D eigenvalue weighted by Gasteiger charge is 2.27. The number of anilines is 1. The molecule has 2 aromatic rings. The molecule has 138 valence electrons. The second kappa shape index (κ2) is 7.33. The molecule has 0 radical (unpaired) electrons. The van der Waals surface area contributed by atoms with Crippen LogP contribution in [0.2, 0.25) is 0 Å². The Hall–Kier alpha value is -3.61. The van der Waals surface area contributed by atoms with E-state index in [-0.39, 0.29) is 18.8 Å². The number of urea groups is 1. The number of halogens is 2. The molecule has 0 saturated heterocycles. The molecule has 27 heavy (non-hydrogen) atoms. The van der Waals surface area contributed by atoms with E-state index in [1.54, 1.807) is 0 Å². The largest absolute Gasteiger partial charge is 0.346 e. The first-order valence-corrected chi connectivity index (χ1v) is 7.92. The lowest BCUT2D eigenvalue weighted by molar-refractivity contribution is -0.122. The van der Waals surface area contributed by atoms with Crippen molar-refractivity contribution in [3.8, 4) is 6.07 Å². The molecule has 1 atom stereocenters. The van der Waals surface area contributed by atoms with Gasteiger partial charge in [-0.2, -0.15) is 5.26 Å². The Balaban J connectivity index is 1.69. The van der Waals surface area contributed by atoms with Gasteiger partial charge >= 0.3 is 6.03 Å². The molecule has 1 aliphatic rings. The van der Waals surface area contributed by atoms with Gasteiger partial charge in [0.15, 0.2) is 0 Å². The van der Waals surface area contributed by atoms with E-state index in [0.29, 0.717) is 22.9 Å². The van der Waals surface area contributed by atoms with Crippen molar-refractivity contribution in [3.05, 3.63) is 53.1 Å². The Bertz CT molecular complexity index is 959. The first kappa shape index (κ1) is 18.2. The van der Waals surface area contributed by atoms with Gasteiger partial charge in [0.25, 0.3) is 0 Å². The lowest BCUT2D eigenvalue weighted by atomic mass is 10.1. The minimum atomic E-state index is -0.876. The molecule has 0 aromatic carbocycles. The molecule has 0 unspecified atom stereocenters. The van der Waals surface area contributed by atoms with E-state index in [2.05, 4.69) is 20.6 Å². The maximum atomic E-state index is 13.8. The van der Waals surface area contributed by atoms with Gasteiger partial charge in [-0.3, -0.25) is 14.8 Å². The highest BCUT2D eigenvalue weighted by atomic mass is 19.1. The summed E-state index contributed by atoms with van der Waals surface area (Å²) in [4.78, 5) is 33.1. The van der Waals surface area contributed by atoms with Crippen molar-refractivity contribution in [1.82, 2.24) is 20.2 Å². The summed E-state index contributed by atoms with van der Waals surface area (Å²) in [5.74, 6) is -2.25. The van der Waals surface area contributed by atoms with E-state index in [0.717, 1.165) is 6.20 Å². The number of amides is 3. The number of carbonyl (C=O) groups excluding carboxylic acids is 2. The average Bonchev–Trinajstić information content (AvgIpc) is 2.61. The van der Waals surface area contributed by atoms with Crippen molar-refractivity contribution in [3.63, 3.8) is 0 Å². The van der Waals surface area contributed by atoms with E-state index < -0.39 is 29.6 Å². The van der Waals surface area contributed by atoms with Gasteiger partial charge in [-0.25, -0.2) is 13.6 Å². The van der Waals surface area contributed by atoms with Gasteiger partial charge in [0, 0.05) is 17.8 Å². The van der Waals surface area contributed by atoms with E-state index in [4.69, 9.17) is 5.26 Å². The lowest BCUT2D eigenvalue weighted by Crippen LogP contribution is -2.45. The number of hydrogen-bond donors (Lipinski definition) is 2. The summed E-state index contributed by atoms with van der Waals surface area (Å²) < 4.78 is 26.7. The Morgan fingerprint density at radius 2 is 2.22 bits per heavy atom. The Morgan fingerprint density at radius 3 is 2.93 bits per heavy atom. The monoisotopic (exact) mass is 372 g/mol. The zero-order chi connectivity index (χ0) is 19.6. The van der Waals surface area contributed by atoms with Gasteiger partial charge in [-0.15, -0.1) is 0 Å². The number of pyridine rings is 2. The first-order chi connectivity index (χ1) is 12.9. The van der Waals surface area contributed by atoms with Crippen molar-refractivity contribution in [2.45, 2.75) is 19.5 Å². The van der Waals surface area contributed by atoms with Crippen LogP contribution in [0.5, 0.6) is 0 Å². The maximum Gasteiger partial charge on any atom is 0.322 e. The number of rotatable bonds is 4. The first-order valence-electron chi connectivity index (χ1n) is 7.92. The molecule has 0 aliphatic carbocycles. The second-order valence-electron chi connectivity index (χ2n) is 5.92. The van der Waals surface area contributed by atoms with E-state index in [9.17, 15) is 18.4 Å². The van der Waals surface area contributed by atoms with Crippen LogP contribution in [0.1, 0.15) is 29.8 Å². The van der Waals surface area contributed by atoms with Crippen molar-refractivity contribution in [1.29, 1.82) is 5.26 Å². The third kappa shape index (κ3) is 3.82. The van der Waals surface area contributed by atoms with Gasteiger partial charge in [0.1, 0.15) is 24.2 Å². The molecule has 8 nitrogen and oxygen atoms in total. The number of nitrogens with zero attached hydrogens (tertiary/aromatic N) is 4. The Morgan fingerprint density at radius 1 is 1.44 bits per heavy atom. The molecule has 3 amide bonds. The summed E-state index contributed by atoms with van der Waals surface area (Å²) in [6.45, 7) is 1.23. The van der Waals surface area contributed by atoms with Crippen LogP contribution in [0.15, 0.2) is 24.7 Å². The lowest BCUT2D eigenvalue weighted by Gasteiger charge is -2.29. The summed E-state index contributed by atoms with van der Waals surface area (Å²) >= 11 is 0. The van der Waals surface area contributed by atoms with Crippen LogP contribution in [0, 0.1) is 23.0 Å². The van der Waals surface area contributed by atoms with E-state index >= 15 is 0 Å². The van der Waals surface area contributed by atoms with Gasteiger partial charge < -0.3 is 15.5 Å². The number of nitrogens with one attached hydrogen (secondary N) is 2. The molecule has 0 bridgehead atoms. The molecule has 10 heteroatoms. The fraction of sp³-hybridized carbons (Fsp3) is 0.235. The molecule has 2 N–H and O–H groups in total. The van der Waals surface area contributed by atoms with Crippen molar-refractivity contribution >= 4 is 17.6 Å². The maximum absolute atomic E-state index is 13.8. The van der Waals surface area contributed by atoms with Crippen LogP contribution in [-0.4, -0.2) is 33.4 Å². The van der Waals surface area contributed by atoms with Crippen molar-refractivity contribution in [2.24, 2.45) is 0 Å². The van der Waals surface area contributed by atoms with Crippen LogP contribution >= 0.6 is 0 Å². The minimum absolute atomic E-state index is 0.0531. The normalized spacial score (nSPS) is 14.0. The third-order valence-electron chi connectivity index (χ3n) is 4.01. The van der Waals surface area contributed by atoms with Gasteiger partial charge in [-0.05, 0) is 6.92 Å². The molecule has 0 fully saturated rings. The van der Waals surface area contributed by atoms with Crippen LogP contribution < -0.4 is 10.6 Å². The zero-order valence-electron chi connectivity index (χ0n) is 14.2. The third-order valence-corrected chi connectivity index (χ3v) is 4.01. The van der Waals surface area contributed by atoms with Gasteiger partial charge in [0.2, 0.25) is 5.91 Å². The Kier molecular flexibility index (Phi) is 4.94. The van der Waals surface area contributed by atoms with E-state index in [1.807, 2.05) is 6.07 Å². The van der Waals surface area contributed by atoms with Crippen LogP contribution in [0.4, 0.5) is 19.3 Å². The summed E-state index contributed by atoms with van der Waals surface area (Å²) in [6.07, 6.45) is 3.66. The molecule has 1 aliphatic heterocycles. The van der Waals surface area contributed by atoms with Gasteiger partial charge in [0.05, 0.1) is 41.9 Å². The molecular weight excluding hydrogens is 358 g/mol. The van der Waals surface area contributed by atoms with Crippen molar-refractivity contribution in [2.75, 3.05) is 11.9 Å². The summed E-state index contributed by atoms with van der Waals surface area (Å²) in [5, 5.41) is 14.2. The predicted octanol–water partition coefficient (Wildman–Crippen LogP) is 1.85. The number of aromatic nitrogens is 2. The van der Waals surface area contributed by atoms with Crippen molar-refractivity contribution < 1.29 is 18.4 Å². The van der Waals surface area contributed by atoms with E-state index in [1.165, 1.54) is 24.2 Å². The number of carbonyl (C=O) groups is 2. The highest BCUT2D eigenvalue weighted by molar-refractivity contribution is 5.95. The average molecular weight is 372 g/mol. The quantitative estimate of drug-likeness (QED) is 0.851. The second-order valence-corrected chi connectivity index (χ2v) is 5.92.